The number of hydrogen-bond donors (Lipinski definition) is 0. The molecule has 1 fully saturated rings. The summed E-state index contributed by atoms with van der Waals surface area (Å²) in [5.41, 5.74) is 5.63. The molecular weight excluding hydrogens is 467 g/mol. The molecule has 4 nitrogen and oxygen atoms in total. The minimum atomic E-state index is -0.283. The van der Waals surface area contributed by atoms with Crippen molar-refractivity contribution in [3.63, 3.8) is 0 Å². The van der Waals surface area contributed by atoms with E-state index >= 15 is 0 Å². The highest BCUT2D eigenvalue weighted by molar-refractivity contribution is 5.80. The van der Waals surface area contributed by atoms with Crippen LogP contribution in [0, 0.1) is 11.7 Å². The molecule has 0 saturated heterocycles. The number of halogens is 1. The minimum absolute atomic E-state index is 0.0470. The maximum Gasteiger partial charge on any atom is 0.309 e. The monoisotopic (exact) mass is 502 g/mol. The van der Waals surface area contributed by atoms with Gasteiger partial charge in [-0.25, -0.2) is 4.39 Å². The lowest BCUT2D eigenvalue weighted by molar-refractivity contribution is -0.145. The molecule has 0 heterocycles. The van der Waals surface area contributed by atoms with Crippen molar-refractivity contribution in [3.8, 4) is 22.6 Å². The van der Waals surface area contributed by atoms with E-state index in [1.54, 1.807) is 19.2 Å². The molecule has 2 aliphatic rings. The van der Waals surface area contributed by atoms with Gasteiger partial charge in [0.25, 0.3) is 0 Å². The zero-order chi connectivity index (χ0) is 26.4. The average molecular weight is 503 g/mol. The SMILES string of the molecule is CCOC(=O)[C@@H]1C[C@@]12CCc1ccc(OCc3ccc(C(C)(C)C)c(-c4cc(OC)ccc4F)c3)cc12. The predicted molar refractivity (Wildman–Crippen MR) is 143 cm³/mol. The summed E-state index contributed by atoms with van der Waals surface area (Å²) in [6.45, 7) is 9.00. The summed E-state index contributed by atoms with van der Waals surface area (Å²) in [5.74, 6) is 0.982. The lowest BCUT2D eigenvalue weighted by Gasteiger charge is -2.24. The van der Waals surface area contributed by atoms with Crippen LogP contribution in [0.1, 0.15) is 62.8 Å². The van der Waals surface area contributed by atoms with Crippen LogP contribution in [0.15, 0.2) is 54.6 Å². The molecule has 0 amide bonds. The molecule has 5 heteroatoms. The van der Waals surface area contributed by atoms with Gasteiger partial charge in [0.1, 0.15) is 23.9 Å². The third-order valence-electron chi connectivity index (χ3n) is 7.87. The summed E-state index contributed by atoms with van der Waals surface area (Å²) in [7, 11) is 1.59. The van der Waals surface area contributed by atoms with Gasteiger partial charge in [-0.3, -0.25) is 4.79 Å². The quantitative estimate of drug-likeness (QED) is 0.322. The van der Waals surface area contributed by atoms with E-state index in [2.05, 4.69) is 45.0 Å². The molecule has 5 rings (SSSR count). The van der Waals surface area contributed by atoms with Crippen LogP contribution in [0.4, 0.5) is 4.39 Å². The Hall–Kier alpha value is -3.34. The van der Waals surface area contributed by atoms with E-state index in [0.717, 1.165) is 41.7 Å². The van der Waals surface area contributed by atoms with Crippen molar-refractivity contribution in [1.82, 2.24) is 0 Å². The van der Waals surface area contributed by atoms with E-state index in [4.69, 9.17) is 14.2 Å². The third kappa shape index (κ3) is 4.72. The van der Waals surface area contributed by atoms with E-state index in [9.17, 15) is 9.18 Å². The van der Waals surface area contributed by atoms with Crippen LogP contribution < -0.4 is 9.47 Å². The van der Waals surface area contributed by atoms with E-state index in [0.29, 0.717) is 24.5 Å². The number of aryl methyl sites for hydroxylation is 1. The van der Waals surface area contributed by atoms with Gasteiger partial charge in [-0.15, -0.1) is 0 Å². The fourth-order valence-electron chi connectivity index (χ4n) is 5.81. The molecule has 194 valence electrons. The van der Waals surface area contributed by atoms with Gasteiger partial charge in [0, 0.05) is 11.0 Å². The van der Waals surface area contributed by atoms with Gasteiger partial charge in [-0.05, 0) is 95.8 Å². The van der Waals surface area contributed by atoms with E-state index in [1.807, 2.05) is 19.1 Å². The zero-order valence-corrected chi connectivity index (χ0v) is 22.3. The molecule has 2 atom stereocenters. The predicted octanol–water partition coefficient (Wildman–Crippen LogP) is 7.14. The van der Waals surface area contributed by atoms with Crippen molar-refractivity contribution < 1.29 is 23.4 Å². The smallest absolute Gasteiger partial charge is 0.309 e. The number of methoxy groups -OCH3 is 1. The average Bonchev–Trinajstić information content (AvgIpc) is 3.51. The summed E-state index contributed by atoms with van der Waals surface area (Å²) >= 11 is 0. The standard InChI is InChI=1S/C32H35FO4/c1-6-36-30(34)28-18-32(28)14-13-21-8-9-23(17-27(21)32)37-19-20-7-11-26(31(2,3)4)24(15-20)25-16-22(35-5)10-12-29(25)33/h7-12,15-17,28H,6,13-14,18-19H2,1-5H3/t28-,32+/m0/s1. The van der Waals surface area contributed by atoms with Crippen molar-refractivity contribution in [2.75, 3.05) is 13.7 Å². The number of benzene rings is 3. The Morgan fingerprint density at radius 3 is 2.54 bits per heavy atom. The summed E-state index contributed by atoms with van der Waals surface area (Å²) in [5, 5.41) is 0. The first kappa shape index (κ1) is 25.3. The summed E-state index contributed by atoms with van der Waals surface area (Å²) < 4.78 is 31.9. The zero-order valence-electron chi connectivity index (χ0n) is 22.3. The van der Waals surface area contributed by atoms with Crippen LogP contribution in [0.5, 0.6) is 11.5 Å². The molecule has 0 radical (unpaired) electrons. The first-order valence-electron chi connectivity index (χ1n) is 13.1. The molecular formula is C32H35FO4. The van der Waals surface area contributed by atoms with Crippen molar-refractivity contribution in [2.24, 2.45) is 5.92 Å². The highest BCUT2D eigenvalue weighted by Crippen LogP contribution is 2.62. The second kappa shape index (κ2) is 9.51. The number of esters is 1. The summed E-state index contributed by atoms with van der Waals surface area (Å²) in [6.07, 6.45) is 2.82. The van der Waals surface area contributed by atoms with Gasteiger partial charge in [-0.2, -0.15) is 0 Å². The Kier molecular flexibility index (Phi) is 6.51. The van der Waals surface area contributed by atoms with Crippen LogP contribution >= 0.6 is 0 Å². The van der Waals surface area contributed by atoms with E-state index < -0.39 is 0 Å². The molecule has 1 spiro atoms. The molecule has 0 unspecified atom stereocenters. The Morgan fingerprint density at radius 2 is 1.81 bits per heavy atom. The molecule has 37 heavy (non-hydrogen) atoms. The number of carbonyl (C=O) groups is 1. The minimum Gasteiger partial charge on any atom is -0.497 e. The van der Waals surface area contributed by atoms with Crippen molar-refractivity contribution >= 4 is 5.97 Å². The van der Waals surface area contributed by atoms with Gasteiger partial charge in [0.15, 0.2) is 0 Å². The summed E-state index contributed by atoms with van der Waals surface area (Å²) in [6, 6.07) is 17.2. The van der Waals surface area contributed by atoms with E-state index in [-0.39, 0.29) is 28.5 Å². The first-order chi connectivity index (χ1) is 17.7. The molecule has 0 aliphatic heterocycles. The van der Waals surface area contributed by atoms with Crippen LogP contribution in [0.2, 0.25) is 0 Å². The fraction of sp³-hybridized carbons (Fsp3) is 0.406. The van der Waals surface area contributed by atoms with Crippen LogP contribution in [-0.2, 0) is 33.4 Å². The topological polar surface area (TPSA) is 44.8 Å². The molecule has 0 bridgehead atoms. The van der Waals surface area contributed by atoms with Gasteiger partial charge in [-0.1, -0.05) is 39.0 Å². The van der Waals surface area contributed by atoms with Gasteiger partial charge in [0.05, 0.1) is 19.6 Å². The largest absolute Gasteiger partial charge is 0.497 e. The number of carbonyl (C=O) groups excluding carboxylic acids is 1. The fourth-order valence-corrected chi connectivity index (χ4v) is 5.81. The van der Waals surface area contributed by atoms with Crippen molar-refractivity contribution in [2.45, 2.75) is 64.4 Å². The second-order valence-electron chi connectivity index (χ2n) is 11.2. The molecule has 0 N–H and O–H groups in total. The molecule has 3 aromatic rings. The molecule has 1 saturated carbocycles. The Balaban J connectivity index is 1.40. The molecule has 3 aromatic carbocycles. The normalized spacial score (nSPS) is 20.0. The maximum atomic E-state index is 15.0. The Morgan fingerprint density at radius 1 is 1.03 bits per heavy atom. The number of rotatable bonds is 7. The maximum absolute atomic E-state index is 15.0. The molecule has 0 aromatic heterocycles. The lowest BCUT2D eigenvalue weighted by Crippen LogP contribution is -2.15. The van der Waals surface area contributed by atoms with Crippen LogP contribution in [-0.4, -0.2) is 19.7 Å². The second-order valence-corrected chi connectivity index (χ2v) is 11.2. The highest BCUT2D eigenvalue weighted by Gasteiger charge is 2.62. The third-order valence-corrected chi connectivity index (χ3v) is 7.87. The van der Waals surface area contributed by atoms with Gasteiger partial charge in [0.2, 0.25) is 0 Å². The summed E-state index contributed by atoms with van der Waals surface area (Å²) in [4.78, 5) is 12.4. The van der Waals surface area contributed by atoms with E-state index in [1.165, 1.54) is 17.2 Å². The number of hydrogen-bond acceptors (Lipinski definition) is 4. The molecule has 2 aliphatic carbocycles. The van der Waals surface area contributed by atoms with Crippen molar-refractivity contribution in [1.29, 1.82) is 0 Å². The number of ether oxygens (including phenoxy) is 3. The van der Waals surface area contributed by atoms with Crippen LogP contribution in [0.3, 0.4) is 0 Å². The highest BCUT2D eigenvalue weighted by atomic mass is 19.1. The lowest BCUT2D eigenvalue weighted by atomic mass is 9.81. The van der Waals surface area contributed by atoms with Gasteiger partial charge >= 0.3 is 5.97 Å². The van der Waals surface area contributed by atoms with Gasteiger partial charge < -0.3 is 14.2 Å². The van der Waals surface area contributed by atoms with Crippen molar-refractivity contribution in [3.05, 3.63) is 82.7 Å². The Bertz CT molecular complexity index is 1340. The first-order valence-corrected chi connectivity index (χ1v) is 13.1. The van der Waals surface area contributed by atoms with Crippen LogP contribution in [0.25, 0.3) is 11.1 Å². The number of fused-ring (bicyclic) bond motifs is 2. The Labute approximate surface area is 218 Å².